The maximum Gasteiger partial charge on any atom is 0.0446 e. The van der Waals surface area contributed by atoms with Crippen molar-refractivity contribution in [1.29, 1.82) is 0 Å². The van der Waals surface area contributed by atoms with Gasteiger partial charge in [-0.2, -0.15) is 0 Å². The molecular weight excluding hydrogens is 302 g/mol. The van der Waals surface area contributed by atoms with Crippen molar-refractivity contribution in [2.24, 2.45) is 0 Å². The summed E-state index contributed by atoms with van der Waals surface area (Å²) >= 11 is 6.57. The van der Waals surface area contributed by atoms with E-state index in [0.717, 1.165) is 11.6 Å². The van der Waals surface area contributed by atoms with Gasteiger partial charge in [0.25, 0.3) is 0 Å². The van der Waals surface area contributed by atoms with E-state index in [9.17, 15) is 0 Å². The number of nitrogens with zero attached hydrogens (tertiary/aromatic N) is 1. The molecule has 1 nitrogen and oxygen atoms in total. The maximum atomic E-state index is 6.57. The first kappa shape index (κ1) is 17.0. The molecule has 0 bridgehead atoms. The molecule has 2 heteroatoms. The molecule has 0 spiro atoms. The molecule has 0 radical (unpaired) electrons. The molecule has 1 aliphatic carbocycles. The van der Waals surface area contributed by atoms with Crippen molar-refractivity contribution in [1.82, 2.24) is 4.90 Å². The SMILES string of the molecule is Clc1cc(/C=C\CN2CCCCCC2)ccc1C1CCCCC1. The normalized spacial score (nSPS) is 21.6. The highest BCUT2D eigenvalue weighted by atomic mass is 35.5. The zero-order chi connectivity index (χ0) is 15.9. The lowest BCUT2D eigenvalue weighted by atomic mass is 9.84. The summed E-state index contributed by atoms with van der Waals surface area (Å²) in [5.41, 5.74) is 2.61. The fraction of sp³-hybridized carbons (Fsp3) is 0.619. The van der Waals surface area contributed by atoms with E-state index in [1.807, 2.05) is 0 Å². The van der Waals surface area contributed by atoms with Gasteiger partial charge in [-0.25, -0.2) is 0 Å². The van der Waals surface area contributed by atoms with Gasteiger partial charge in [-0.05, 0) is 61.9 Å². The fourth-order valence-electron chi connectivity index (χ4n) is 4.05. The zero-order valence-corrected chi connectivity index (χ0v) is 15.0. The third-order valence-corrected chi connectivity index (χ3v) is 5.77. The van der Waals surface area contributed by atoms with Crippen LogP contribution >= 0.6 is 11.6 Å². The van der Waals surface area contributed by atoms with Crippen molar-refractivity contribution < 1.29 is 0 Å². The fourth-order valence-corrected chi connectivity index (χ4v) is 4.39. The Hall–Kier alpha value is -0.790. The van der Waals surface area contributed by atoms with E-state index in [2.05, 4.69) is 35.3 Å². The van der Waals surface area contributed by atoms with Gasteiger partial charge in [0.2, 0.25) is 0 Å². The standard InChI is InChI=1S/C21H30ClN/c22-21-17-18(9-8-16-23-14-6-1-2-7-15-23)12-13-20(21)19-10-4-3-5-11-19/h8-9,12-13,17,19H,1-7,10-11,14-16H2/b9-8-. The Bertz CT molecular complexity index is 509. The van der Waals surface area contributed by atoms with Crippen molar-refractivity contribution in [3.63, 3.8) is 0 Å². The van der Waals surface area contributed by atoms with Crippen molar-refractivity contribution in [2.75, 3.05) is 19.6 Å². The first-order chi connectivity index (χ1) is 11.3. The summed E-state index contributed by atoms with van der Waals surface area (Å²) < 4.78 is 0. The van der Waals surface area contributed by atoms with Crippen molar-refractivity contribution >= 4 is 17.7 Å². The van der Waals surface area contributed by atoms with E-state index in [1.165, 1.54) is 82.0 Å². The minimum absolute atomic E-state index is 0.686. The molecule has 1 aromatic carbocycles. The van der Waals surface area contributed by atoms with E-state index >= 15 is 0 Å². The molecule has 0 aromatic heterocycles. The summed E-state index contributed by atoms with van der Waals surface area (Å²) in [6.07, 6.45) is 16.8. The van der Waals surface area contributed by atoms with Gasteiger partial charge in [-0.15, -0.1) is 0 Å². The Labute approximate surface area is 146 Å². The van der Waals surface area contributed by atoms with Crippen LogP contribution in [0.4, 0.5) is 0 Å². The molecule has 2 fully saturated rings. The summed E-state index contributed by atoms with van der Waals surface area (Å²) in [5, 5.41) is 0.967. The smallest absolute Gasteiger partial charge is 0.0446 e. The second-order valence-corrected chi connectivity index (χ2v) is 7.64. The molecular formula is C21H30ClN. The molecule has 0 unspecified atom stereocenters. The number of hydrogen-bond donors (Lipinski definition) is 0. The Morgan fingerprint density at radius 1 is 0.957 bits per heavy atom. The minimum atomic E-state index is 0.686. The summed E-state index contributed by atoms with van der Waals surface area (Å²) in [4.78, 5) is 2.57. The van der Waals surface area contributed by atoms with Crippen LogP contribution in [0.3, 0.4) is 0 Å². The van der Waals surface area contributed by atoms with Crippen molar-refractivity contribution in [3.8, 4) is 0 Å². The molecule has 126 valence electrons. The molecule has 0 amide bonds. The van der Waals surface area contributed by atoms with Gasteiger partial charge >= 0.3 is 0 Å². The Kier molecular flexibility index (Phi) is 6.59. The first-order valence-electron chi connectivity index (χ1n) is 9.51. The third kappa shape index (κ3) is 5.09. The topological polar surface area (TPSA) is 3.24 Å². The molecule has 2 aliphatic rings. The van der Waals surface area contributed by atoms with Gasteiger partial charge in [0.05, 0.1) is 0 Å². The predicted octanol–water partition coefficient (Wildman–Crippen LogP) is 6.28. The summed E-state index contributed by atoms with van der Waals surface area (Å²) in [6, 6.07) is 6.67. The van der Waals surface area contributed by atoms with Crippen LogP contribution in [0.25, 0.3) is 6.08 Å². The quantitative estimate of drug-likeness (QED) is 0.627. The molecule has 1 aliphatic heterocycles. The van der Waals surface area contributed by atoms with Crippen LogP contribution in [-0.2, 0) is 0 Å². The van der Waals surface area contributed by atoms with Gasteiger partial charge in [0.1, 0.15) is 0 Å². The molecule has 0 atom stereocenters. The van der Waals surface area contributed by atoms with E-state index < -0.39 is 0 Å². The van der Waals surface area contributed by atoms with Gasteiger partial charge < -0.3 is 0 Å². The van der Waals surface area contributed by atoms with E-state index in [0.29, 0.717) is 5.92 Å². The Balaban J connectivity index is 1.57. The number of likely N-dealkylation sites (tertiary alicyclic amines) is 1. The molecule has 3 rings (SSSR count). The molecule has 1 saturated heterocycles. The van der Waals surface area contributed by atoms with Crippen molar-refractivity contribution in [3.05, 3.63) is 40.4 Å². The summed E-state index contributed by atoms with van der Waals surface area (Å²) in [6.45, 7) is 3.58. The highest BCUT2D eigenvalue weighted by molar-refractivity contribution is 6.31. The van der Waals surface area contributed by atoms with Gasteiger partial charge in [0.15, 0.2) is 0 Å². The average molecular weight is 332 g/mol. The zero-order valence-electron chi connectivity index (χ0n) is 14.3. The molecule has 1 saturated carbocycles. The van der Waals surface area contributed by atoms with Gasteiger partial charge in [-0.3, -0.25) is 4.90 Å². The van der Waals surface area contributed by atoms with Gasteiger partial charge in [-0.1, -0.05) is 68.0 Å². The first-order valence-corrected chi connectivity index (χ1v) is 9.89. The largest absolute Gasteiger partial charge is 0.300 e. The van der Waals surface area contributed by atoms with E-state index in [-0.39, 0.29) is 0 Å². The third-order valence-electron chi connectivity index (χ3n) is 5.44. The highest BCUT2D eigenvalue weighted by Gasteiger charge is 2.17. The molecule has 1 heterocycles. The second kappa shape index (κ2) is 8.89. The Morgan fingerprint density at radius 3 is 2.35 bits per heavy atom. The van der Waals surface area contributed by atoms with E-state index in [1.54, 1.807) is 0 Å². The predicted molar refractivity (Wildman–Crippen MR) is 101 cm³/mol. The van der Waals surface area contributed by atoms with Crippen LogP contribution in [0.1, 0.15) is 74.8 Å². The summed E-state index contributed by atoms with van der Waals surface area (Å²) in [7, 11) is 0. The summed E-state index contributed by atoms with van der Waals surface area (Å²) in [5.74, 6) is 0.686. The number of rotatable bonds is 4. The number of benzene rings is 1. The maximum absolute atomic E-state index is 6.57. The Morgan fingerprint density at radius 2 is 1.65 bits per heavy atom. The minimum Gasteiger partial charge on any atom is -0.300 e. The number of hydrogen-bond acceptors (Lipinski definition) is 1. The van der Waals surface area contributed by atoms with E-state index in [4.69, 9.17) is 11.6 Å². The van der Waals surface area contributed by atoms with Crippen LogP contribution in [0.15, 0.2) is 24.3 Å². The van der Waals surface area contributed by atoms with Crippen LogP contribution < -0.4 is 0 Å². The average Bonchev–Trinajstić information content (AvgIpc) is 2.85. The monoisotopic (exact) mass is 331 g/mol. The molecule has 1 aromatic rings. The lowest BCUT2D eigenvalue weighted by molar-refractivity contribution is 0.316. The lowest BCUT2D eigenvalue weighted by Crippen LogP contribution is -2.24. The number of halogens is 1. The highest BCUT2D eigenvalue weighted by Crippen LogP contribution is 2.36. The molecule has 23 heavy (non-hydrogen) atoms. The lowest BCUT2D eigenvalue weighted by Gasteiger charge is -2.23. The van der Waals surface area contributed by atoms with Crippen LogP contribution in [0.5, 0.6) is 0 Å². The van der Waals surface area contributed by atoms with Crippen LogP contribution in [0.2, 0.25) is 5.02 Å². The second-order valence-electron chi connectivity index (χ2n) is 7.23. The van der Waals surface area contributed by atoms with Crippen LogP contribution in [-0.4, -0.2) is 24.5 Å². The molecule has 0 N–H and O–H groups in total. The van der Waals surface area contributed by atoms with Gasteiger partial charge in [0, 0.05) is 11.6 Å². The van der Waals surface area contributed by atoms with Crippen LogP contribution in [0, 0.1) is 0 Å². The van der Waals surface area contributed by atoms with Crippen molar-refractivity contribution in [2.45, 2.75) is 63.7 Å².